The third-order valence-corrected chi connectivity index (χ3v) is 3.26. The second-order valence-electron chi connectivity index (χ2n) is 4.85. The van der Waals surface area contributed by atoms with Gasteiger partial charge in [-0.05, 0) is 42.8 Å². The number of carbonyl (C=O) groups excluding carboxylic acids is 1. The summed E-state index contributed by atoms with van der Waals surface area (Å²) in [4.78, 5) is 12.1. The summed E-state index contributed by atoms with van der Waals surface area (Å²) >= 11 is 0. The van der Waals surface area contributed by atoms with Crippen LogP contribution in [0.4, 0.5) is 5.69 Å². The number of fused-ring (bicyclic) bond motifs is 1. The van der Waals surface area contributed by atoms with Crippen molar-refractivity contribution in [3.63, 3.8) is 0 Å². The smallest absolute Gasteiger partial charge is 0.230 e. The van der Waals surface area contributed by atoms with Gasteiger partial charge >= 0.3 is 0 Å². The number of anilines is 1. The van der Waals surface area contributed by atoms with Gasteiger partial charge in [-0.15, -0.1) is 0 Å². The molecule has 3 aromatic rings. The van der Waals surface area contributed by atoms with Gasteiger partial charge in [-0.25, -0.2) is 0 Å². The predicted octanol–water partition coefficient (Wildman–Crippen LogP) is 3.02. The van der Waals surface area contributed by atoms with E-state index in [0.29, 0.717) is 17.0 Å². The summed E-state index contributed by atoms with van der Waals surface area (Å²) in [5.41, 5.74) is 2.75. The monoisotopic (exact) mass is 282 g/mol. The fraction of sp³-hybridized carbons (Fsp3) is 0.125. The van der Waals surface area contributed by atoms with Crippen molar-refractivity contribution in [2.24, 2.45) is 0 Å². The van der Waals surface area contributed by atoms with Crippen molar-refractivity contribution in [3.8, 4) is 5.75 Å². The van der Waals surface area contributed by atoms with E-state index < -0.39 is 0 Å². The van der Waals surface area contributed by atoms with E-state index in [9.17, 15) is 9.90 Å². The van der Waals surface area contributed by atoms with E-state index in [4.69, 9.17) is 4.52 Å². The van der Waals surface area contributed by atoms with Gasteiger partial charge in [0, 0.05) is 11.1 Å². The number of carbonyl (C=O) groups is 1. The quantitative estimate of drug-likeness (QED) is 0.724. The van der Waals surface area contributed by atoms with Gasteiger partial charge in [-0.2, -0.15) is 0 Å². The van der Waals surface area contributed by atoms with Gasteiger partial charge in [-0.1, -0.05) is 17.3 Å². The lowest BCUT2D eigenvalue weighted by Gasteiger charge is -2.07. The summed E-state index contributed by atoms with van der Waals surface area (Å²) in [6, 6.07) is 12.2. The molecule has 0 aliphatic rings. The predicted molar refractivity (Wildman–Crippen MR) is 79.2 cm³/mol. The molecule has 1 heterocycles. The van der Waals surface area contributed by atoms with Crippen molar-refractivity contribution in [1.82, 2.24) is 5.16 Å². The van der Waals surface area contributed by atoms with Gasteiger partial charge in [0.2, 0.25) is 5.91 Å². The van der Waals surface area contributed by atoms with E-state index in [-0.39, 0.29) is 18.1 Å². The van der Waals surface area contributed by atoms with Crippen molar-refractivity contribution < 1.29 is 14.4 Å². The molecule has 0 spiro atoms. The number of aromatic nitrogens is 1. The molecule has 2 aromatic carbocycles. The highest BCUT2D eigenvalue weighted by molar-refractivity contribution is 5.95. The molecule has 0 unspecified atom stereocenters. The van der Waals surface area contributed by atoms with Gasteiger partial charge in [0.1, 0.15) is 11.4 Å². The van der Waals surface area contributed by atoms with Crippen LogP contribution in [0.25, 0.3) is 11.0 Å². The molecule has 5 nitrogen and oxygen atoms in total. The number of aromatic hydroxyl groups is 1. The Morgan fingerprint density at radius 1 is 1.29 bits per heavy atom. The van der Waals surface area contributed by atoms with Gasteiger partial charge in [0.25, 0.3) is 0 Å². The number of rotatable bonds is 3. The molecule has 0 aliphatic heterocycles. The Bertz CT molecular complexity index is 808. The molecule has 5 heteroatoms. The first-order valence-corrected chi connectivity index (χ1v) is 6.56. The molecule has 0 saturated carbocycles. The second-order valence-corrected chi connectivity index (χ2v) is 4.85. The number of para-hydroxylation sites is 1. The van der Waals surface area contributed by atoms with Crippen LogP contribution >= 0.6 is 0 Å². The first-order chi connectivity index (χ1) is 10.1. The molecule has 2 N–H and O–H groups in total. The minimum absolute atomic E-state index is 0.136. The molecular weight excluding hydrogens is 268 g/mol. The molecule has 0 fully saturated rings. The molecule has 0 saturated heterocycles. The average Bonchev–Trinajstić information content (AvgIpc) is 2.85. The van der Waals surface area contributed by atoms with Gasteiger partial charge in [-0.3, -0.25) is 4.79 Å². The normalized spacial score (nSPS) is 10.7. The number of aryl methyl sites for hydroxylation is 1. The van der Waals surface area contributed by atoms with Crippen LogP contribution in [0.15, 0.2) is 47.0 Å². The number of phenolic OH excluding ortho intramolecular Hbond substituents is 1. The fourth-order valence-electron chi connectivity index (χ4n) is 2.20. The van der Waals surface area contributed by atoms with Crippen molar-refractivity contribution in [2.45, 2.75) is 13.3 Å². The number of phenols is 1. The summed E-state index contributed by atoms with van der Waals surface area (Å²) < 4.78 is 5.18. The van der Waals surface area contributed by atoms with Gasteiger partial charge in [0.05, 0.1) is 6.42 Å². The van der Waals surface area contributed by atoms with Crippen LogP contribution in [-0.2, 0) is 11.2 Å². The van der Waals surface area contributed by atoms with Crippen molar-refractivity contribution in [2.75, 3.05) is 5.32 Å². The minimum atomic E-state index is -0.178. The summed E-state index contributed by atoms with van der Waals surface area (Å²) in [5, 5.41) is 17.0. The first kappa shape index (κ1) is 13.2. The standard InChI is InChI=1S/C16H14N2O3/c1-10-8-11(19)6-7-13(10)17-16(20)9-14-12-4-2-3-5-15(12)21-18-14/h2-8,19H,9H2,1H3,(H,17,20). The average molecular weight is 282 g/mol. The number of nitrogens with zero attached hydrogens (tertiary/aromatic N) is 1. The SMILES string of the molecule is Cc1cc(O)ccc1NC(=O)Cc1noc2ccccc12. The van der Waals surface area contributed by atoms with Crippen LogP contribution in [0.5, 0.6) is 5.75 Å². The zero-order valence-electron chi connectivity index (χ0n) is 11.5. The van der Waals surface area contributed by atoms with Gasteiger partial charge < -0.3 is 14.9 Å². The van der Waals surface area contributed by atoms with E-state index in [2.05, 4.69) is 10.5 Å². The van der Waals surface area contributed by atoms with E-state index in [0.717, 1.165) is 10.9 Å². The number of nitrogens with one attached hydrogen (secondary N) is 1. The minimum Gasteiger partial charge on any atom is -0.508 e. The van der Waals surface area contributed by atoms with Crippen molar-refractivity contribution in [3.05, 3.63) is 53.7 Å². The Morgan fingerprint density at radius 3 is 2.90 bits per heavy atom. The second kappa shape index (κ2) is 5.28. The van der Waals surface area contributed by atoms with Crippen molar-refractivity contribution in [1.29, 1.82) is 0 Å². The maximum atomic E-state index is 12.1. The van der Waals surface area contributed by atoms with E-state index >= 15 is 0 Å². The maximum Gasteiger partial charge on any atom is 0.230 e. The van der Waals surface area contributed by atoms with E-state index in [1.54, 1.807) is 12.1 Å². The van der Waals surface area contributed by atoms with Crippen LogP contribution in [0.3, 0.4) is 0 Å². The molecule has 0 bridgehead atoms. The first-order valence-electron chi connectivity index (χ1n) is 6.56. The van der Waals surface area contributed by atoms with Crippen LogP contribution in [0, 0.1) is 6.92 Å². The molecule has 1 amide bonds. The number of hydrogen-bond acceptors (Lipinski definition) is 4. The number of hydrogen-bond donors (Lipinski definition) is 2. The molecule has 3 rings (SSSR count). The summed E-state index contributed by atoms with van der Waals surface area (Å²) in [7, 11) is 0. The molecule has 106 valence electrons. The van der Waals surface area contributed by atoms with Crippen LogP contribution in [0.1, 0.15) is 11.3 Å². The van der Waals surface area contributed by atoms with Crippen LogP contribution in [-0.4, -0.2) is 16.2 Å². The highest BCUT2D eigenvalue weighted by Gasteiger charge is 2.12. The lowest BCUT2D eigenvalue weighted by Crippen LogP contribution is -2.15. The molecular formula is C16H14N2O3. The summed E-state index contributed by atoms with van der Waals surface area (Å²) in [6.07, 6.45) is 0.136. The largest absolute Gasteiger partial charge is 0.508 e. The molecule has 21 heavy (non-hydrogen) atoms. The topological polar surface area (TPSA) is 75.4 Å². The number of amides is 1. The van der Waals surface area contributed by atoms with Gasteiger partial charge in [0.15, 0.2) is 5.58 Å². The fourth-order valence-corrected chi connectivity index (χ4v) is 2.20. The Morgan fingerprint density at radius 2 is 2.10 bits per heavy atom. The highest BCUT2D eigenvalue weighted by atomic mass is 16.5. The number of benzene rings is 2. The zero-order valence-corrected chi connectivity index (χ0v) is 11.5. The zero-order chi connectivity index (χ0) is 14.8. The van der Waals surface area contributed by atoms with Crippen LogP contribution < -0.4 is 5.32 Å². The lowest BCUT2D eigenvalue weighted by atomic mass is 10.1. The Kier molecular flexibility index (Phi) is 3.31. The molecule has 0 aliphatic carbocycles. The Balaban J connectivity index is 1.77. The summed E-state index contributed by atoms with van der Waals surface area (Å²) in [6.45, 7) is 1.82. The van der Waals surface area contributed by atoms with Crippen LogP contribution in [0.2, 0.25) is 0 Å². The lowest BCUT2D eigenvalue weighted by molar-refractivity contribution is -0.115. The molecule has 0 atom stereocenters. The molecule has 1 aromatic heterocycles. The third-order valence-electron chi connectivity index (χ3n) is 3.26. The van der Waals surface area contributed by atoms with E-state index in [1.165, 1.54) is 6.07 Å². The molecule has 0 radical (unpaired) electrons. The summed E-state index contributed by atoms with van der Waals surface area (Å²) in [5.74, 6) is -0.00385. The third kappa shape index (κ3) is 2.72. The van der Waals surface area contributed by atoms with E-state index in [1.807, 2.05) is 31.2 Å². The van der Waals surface area contributed by atoms with Crippen molar-refractivity contribution >= 4 is 22.6 Å². The maximum absolute atomic E-state index is 12.1. The highest BCUT2D eigenvalue weighted by Crippen LogP contribution is 2.21. The Labute approximate surface area is 121 Å². The Hall–Kier alpha value is -2.82.